The van der Waals surface area contributed by atoms with Gasteiger partial charge in [-0.1, -0.05) is 5.16 Å². The Labute approximate surface area is 117 Å². The zero-order valence-electron chi connectivity index (χ0n) is 11.0. The summed E-state index contributed by atoms with van der Waals surface area (Å²) in [6.07, 6.45) is -5.35. The highest BCUT2D eigenvalue weighted by molar-refractivity contribution is 6.06. The smallest absolute Gasteiger partial charge is 0.340 e. The number of pyridine rings is 1. The molecule has 10 heteroatoms. The van der Waals surface area contributed by atoms with Gasteiger partial charge in [-0.15, -0.1) is 0 Å². The maximum Gasteiger partial charge on any atom is 0.416 e. The highest BCUT2D eigenvalue weighted by Gasteiger charge is 2.38. The number of hydrogen-bond donors (Lipinski definition) is 1. The molecule has 1 aromatic heterocycles. The summed E-state index contributed by atoms with van der Waals surface area (Å²) in [5, 5.41) is 13.0. The van der Waals surface area contributed by atoms with Gasteiger partial charge in [0.25, 0.3) is 0 Å². The largest absolute Gasteiger partial charge is 0.416 e. The van der Waals surface area contributed by atoms with E-state index in [2.05, 4.69) is 15.0 Å². The van der Waals surface area contributed by atoms with E-state index < -0.39 is 24.2 Å². The third-order valence-corrected chi connectivity index (χ3v) is 2.59. The first-order chi connectivity index (χ1) is 9.71. The molecule has 2 rings (SSSR count). The van der Waals surface area contributed by atoms with Gasteiger partial charge in [-0.3, -0.25) is 4.98 Å². The zero-order chi connectivity index (χ0) is 15.8. The third kappa shape index (κ3) is 2.89. The number of carbonyl (C=O) groups excluding carboxylic acids is 1. The van der Waals surface area contributed by atoms with Crippen LogP contribution in [0.1, 0.15) is 11.3 Å². The predicted molar refractivity (Wildman–Crippen MR) is 63.8 cm³/mol. The Kier molecular flexibility index (Phi) is 3.73. The molecule has 114 valence electrons. The molecule has 0 aliphatic carbocycles. The van der Waals surface area contributed by atoms with Crippen molar-refractivity contribution in [3.63, 3.8) is 0 Å². The van der Waals surface area contributed by atoms with E-state index in [1.165, 1.54) is 14.1 Å². The second kappa shape index (κ2) is 5.20. The lowest BCUT2D eigenvalue weighted by molar-refractivity contribution is -0.137. The first-order valence-electron chi connectivity index (χ1n) is 5.68. The number of amidine groups is 1. The number of alkyl halides is 3. The van der Waals surface area contributed by atoms with Gasteiger partial charge in [-0.25, -0.2) is 9.69 Å². The standard InChI is InChI=1S/C11H11F3N4O3/c1-17(2)9(19)18-8(16-21-10(18)20)7-5-6(3-4-15-7)11(12,13)14/h3-5,10,20H,1-2H3. The summed E-state index contributed by atoms with van der Waals surface area (Å²) >= 11 is 0. The number of carbonyl (C=O) groups is 1. The van der Waals surface area contributed by atoms with E-state index in [-0.39, 0.29) is 11.5 Å². The molecule has 2 amide bonds. The highest BCUT2D eigenvalue weighted by atomic mass is 19.4. The van der Waals surface area contributed by atoms with Crippen molar-refractivity contribution < 1.29 is 27.9 Å². The molecule has 1 aromatic rings. The Morgan fingerprint density at radius 1 is 1.48 bits per heavy atom. The van der Waals surface area contributed by atoms with Crippen LogP contribution in [0.25, 0.3) is 0 Å². The molecular formula is C11H11F3N4O3. The van der Waals surface area contributed by atoms with E-state index in [4.69, 9.17) is 0 Å². The summed E-state index contributed by atoms with van der Waals surface area (Å²) in [6.45, 7) is 0. The van der Waals surface area contributed by atoms with Gasteiger partial charge < -0.3 is 14.8 Å². The van der Waals surface area contributed by atoms with Crippen LogP contribution in [0.4, 0.5) is 18.0 Å². The van der Waals surface area contributed by atoms with Gasteiger partial charge in [-0.2, -0.15) is 13.2 Å². The maximum atomic E-state index is 12.7. The summed E-state index contributed by atoms with van der Waals surface area (Å²) in [6, 6.07) is 0.794. The van der Waals surface area contributed by atoms with Gasteiger partial charge in [0.1, 0.15) is 5.69 Å². The summed E-state index contributed by atoms with van der Waals surface area (Å²) in [4.78, 5) is 22.0. The number of aliphatic hydroxyl groups excluding tert-OH is 1. The minimum Gasteiger partial charge on any atom is -0.340 e. The van der Waals surface area contributed by atoms with Crippen LogP contribution in [-0.2, 0) is 11.0 Å². The van der Waals surface area contributed by atoms with Crippen LogP contribution in [0.5, 0.6) is 0 Å². The van der Waals surface area contributed by atoms with Crippen molar-refractivity contribution >= 4 is 11.9 Å². The lowest BCUT2D eigenvalue weighted by Crippen LogP contribution is -2.46. The molecule has 1 aliphatic heterocycles. The summed E-state index contributed by atoms with van der Waals surface area (Å²) in [7, 11) is 2.81. The molecule has 0 fully saturated rings. The number of aromatic nitrogens is 1. The average molecular weight is 304 g/mol. The Morgan fingerprint density at radius 2 is 2.14 bits per heavy atom. The monoisotopic (exact) mass is 304 g/mol. The van der Waals surface area contributed by atoms with Crippen molar-refractivity contribution in [1.82, 2.24) is 14.8 Å². The Balaban J connectivity index is 2.39. The molecule has 1 unspecified atom stereocenters. The van der Waals surface area contributed by atoms with E-state index in [0.717, 1.165) is 23.2 Å². The van der Waals surface area contributed by atoms with E-state index in [0.29, 0.717) is 4.90 Å². The summed E-state index contributed by atoms with van der Waals surface area (Å²) < 4.78 is 38.0. The lowest BCUT2D eigenvalue weighted by atomic mass is 10.2. The van der Waals surface area contributed by atoms with E-state index in [1.54, 1.807) is 0 Å². The van der Waals surface area contributed by atoms with Crippen molar-refractivity contribution in [3.8, 4) is 0 Å². The van der Waals surface area contributed by atoms with Gasteiger partial charge in [-0.05, 0) is 12.1 Å². The van der Waals surface area contributed by atoms with Crippen LogP contribution in [-0.4, -0.2) is 52.3 Å². The number of urea groups is 1. The maximum absolute atomic E-state index is 12.7. The minimum atomic E-state index is -4.56. The zero-order valence-corrected chi connectivity index (χ0v) is 11.0. The quantitative estimate of drug-likeness (QED) is 0.841. The predicted octanol–water partition coefficient (Wildman–Crippen LogP) is 1.05. The van der Waals surface area contributed by atoms with Crippen LogP contribution in [0, 0.1) is 0 Å². The molecule has 0 spiro atoms. The number of halogens is 3. The van der Waals surface area contributed by atoms with E-state index >= 15 is 0 Å². The number of hydrogen-bond acceptors (Lipinski definition) is 5. The van der Waals surface area contributed by atoms with Crippen LogP contribution in [0.3, 0.4) is 0 Å². The Bertz CT molecular complexity index is 588. The molecule has 1 aliphatic rings. The van der Waals surface area contributed by atoms with E-state index in [1.807, 2.05) is 0 Å². The number of rotatable bonds is 1. The number of amides is 2. The highest BCUT2D eigenvalue weighted by Crippen LogP contribution is 2.29. The van der Waals surface area contributed by atoms with Gasteiger partial charge in [0.15, 0.2) is 0 Å². The molecule has 0 saturated heterocycles. The minimum absolute atomic E-state index is 0.239. The molecular weight excluding hydrogens is 293 g/mol. The van der Waals surface area contributed by atoms with Crippen molar-refractivity contribution in [3.05, 3.63) is 29.6 Å². The fraction of sp³-hybridized carbons (Fsp3) is 0.364. The first-order valence-corrected chi connectivity index (χ1v) is 5.68. The van der Waals surface area contributed by atoms with Crippen molar-refractivity contribution in [2.24, 2.45) is 5.16 Å². The summed E-state index contributed by atoms with van der Waals surface area (Å²) in [5.74, 6) is -0.299. The second-order valence-electron chi connectivity index (χ2n) is 4.32. The molecule has 21 heavy (non-hydrogen) atoms. The fourth-order valence-electron chi connectivity index (χ4n) is 1.59. The van der Waals surface area contributed by atoms with Crippen molar-refractivity contribution in [2.45, 2.75) is 12.6 Å². The molecule has 2 heterocycles. The van der Waals surface area contributed by atoms with Gasteiger partial charge in [0.05, 0.1) is 5.56 Å². The van der Waals surface area contributed by atoms with Crippen LogP contribution in [0.15, 0.2) is 23.5 Å². The molecule has 0 saturated carbocycles. The number of oxime groups is 1. The van der Waals surface area contributed by atoms with Gasteiger partial charge in [0.2, 0.25) is 5.84 Å². The van der Waals surface area contributed by atoms with Crippen molar-refractivity contribution in [1.29, 1.82) is 0 Å². The Morgan fingerprint density at radius 3 is 2.71 bits per heavy atom. The van der Waals surface area contributed by atoms with Crippen LogP contribution in [0.2, 0.25) is 0 Å². The van der Waals surface area contributed by atoms with E-state index in [9.17, 15) is 23.1 Å². The fourth-order valence-corrected chi connectivity index (χ4v) is 1.59. The number of aliphatic hydroxyl groups is 1. The number of nitrogens with zero attached hydrogens (tertiary/aromatic N) is 4. The first kappa shape index (κ1) is 15.0. The summed E-state index contributed by atoms with van der Waals surface area (Å²) in [5.41, 5.74) is -1.19. The molecule has 0 aromatic carbocycles. The molecule has 1 N–H and O–H groups in total. The molecule has 7 nitrogen and oxygen atoms in total. The SMILES string of the molecule is CN(C)C(=O)N1C(c2cc(C(F)(F)F)ccn2)=NOC1O. The van der Waals surface area contributed by atoms with Gasteiger partial charge in [0, 0.05) is 20.3 Å². The second-order valence-corrected chi connectivity index (χ2v) is 4.32. The topological polar surface area (TPSA) is 78.3 Å². The average Bonchev–Trinajstić information content (AvgIpc) is 2.78. The molecule has 1 atom stereocenters. The van der Waals surface area contributed by atoms with Gasteiger partial charge >= 0.3 is 18.6 Å². The van der Waals surface area contributed by atoms with Crippen LogP contribution >= 0.6 is 0 Å². The normalized spacial score (nSPS) is 18.3. The molecule has 0 radical (unpaired) electrons. The Hall–Kier alpha value is -2.36. The third-order valence-electron chi connectivity index (χ3n) is 2.59. The lowest BCUT2D eigenvalue weighted by Gasteiger charge is -2.22. The molecule has 0 bridgehead atoms. The van der Waals surface area contributed by atoms with Crippen LogP contribution < -0.4 is 0 Å². The van der Waals surface area contributed by atoms with Crippen molar-refractivity contribution in [2.75, 3.05) is 14.1 Å².